The van der Waals surface area contributed by atoms with Crippen molar-refractivity contribution in [3.05, 3.63) is 97.8 Å². The van der Waals surface area contributed by atoms with Gasteiger partial charge in [-0.3, -0.25) is 9.59 Å². The summed E-state index contributed by atoms with van der Waals surface area (Å²) in [6, 6.07) is 11.1. The summed E-state index contributed by atoms with van der Waals surface area (Å²) in [7, 11) is 0. The first-order chi connectivity index (χ1) is 21.9. The van der Waals surface area contributed by atoms with E-state index in [1.54, 1.807) is 12.2 Å². The summed E-state index contributed by atoms with van der Waals surface area (Å²) in [6.07, 6.45) is 6.57. The Morgan fingerprint density at radius 1 is 0.739 bits per heavy atom. The van der Waals surface area contributed by atoms with Gasteiger partial charge in [0.2, 0.25) is 10.9 Å². The number of benzene rings is 4. The van der Waals surface area contributed by atoms with Crippen LogP contribution in [0.1, 0.15) is 43.7 Å². The molecular formula is C36H28O10. The van der Waals surface area contributed by atoms with Gasteiger partial charge >= 0.3 is 0 Å². The van der Waals surface area contributed by atoms with Gasteiger partial charge in [-0.05, 0) is 61.6 Å². The molecule has 7 rings (SSSR count). The molecule has 0 saturated carbocycles. The first kappa shape index (κ1) is 28.8. The Bertz CT molecular complexity index is 2470. The number of aromatic hydroxyl groups is 6. The van der Waals surface area contributed by atoms with E-state index in [0.717, 1.165) is 5.57 Å². The van der Waals surface area contributed by atoms with Crippen LogP contribution in [0, 0.1) is 5.41 Å². The summed E-state index contributed by atoms with van der Waals surface area (Å²) in [4.78, 5) is 26.4. The van der Waals surface area contributed by atoms with Crippen molar-refractivity contribution in [1.29, 1.82) is 0 Å². The molecule has 0 spiro atoms. The molecule has 2 aromatic heterocycles. The third-order valence-electron chi connectivity index (χ3n) is 9.07. The predicted octanol–water partition coefficient (Wildman–Crippen LogP) is 6.98. The van der Waals surface area contributed by atoms with Gasteiger partial charge in [-0.2, -0.15) is 0 Å². The molecule has 10 heteroatoms. The molecule has 0 saturated heterocycles. The Morgan fingerprint density at radius 3 is 1.87 bits per heavy atom. The van der Waals surface area contributed by atoms with E-state index in [1.165, 1.54) is 48.5 Å². The van der Waals surface area contributed by atoms with E-state index in [4.69, 9.17) is 8.83 Å². The lowest BCUT2D eigenvalue weighted by Gasteiger charge is -2.38. The molecule has 2 atom stereocenters. The molecule has 46 heavy (non-hydrogen) atoms. The lowest BCUT2D eigenvalue weighted by atomic mass is 9.66. The van der Waals surface area contributed by atoms with Crippen molar-refractivity contribution < 1.29 is 39.5 Å². The summed E-state index contributed by atoms with van der Waals surface area (Å²) in [5.74, 6) is -2.76. The minimum Gasteiger partial charge on any atom is -0.507 e. The second-order valence-corrected chi connectivity index (χ2v) is 12.1. The van der Waals surface area contributed by atoms with Crippen LogP contribution in [0.5, 0.6) is 34.5 Å². The van der Waals surface area contributed by atoms with Crippen LogP contribution >= 0.6 is 0 Å². The van der Waals surface area contributed by atoms with Crippen LogP contribution in [0.15, 0.2) is 84.7 Å². The van der Waals surface area contributed by atoms with Gasteiger partial charge in [0, 0.05) is 17.0 Å². The largest absolute Gasteiger partial charge is 0.507 e. The number of hydrogen-bond donors (Lipinski definition) is 6. The van der Waals surface area contributed by atoms with Crippen LogP contribution in [-0.2, 0) is 0 Å². The van der Waals surface area contributed by atoms with E-state index in [-0.39, 0.29) is 72.3 Å². The number of para-hydroxylation sites is 2. The first-order valence-electron chi connectivity index (χ1n) is 14.5. The molecular weight excluding hydrogens is 592 g/mol. The van der Waals surface area contributed by atoms with Crippen molar-refractivity contribution in [3.63, 3.8) is 0 Å². The Kier molecular flexibility index (Phi) is 6.31. The smallest absolute Gasteiger partial charge is 0.204 e. The number of phenolic OH excluding ortho intramolecular Hbond substituents is 6. The van der Waals surface area contributed by atoms with Crippen LogP contribution in [0.2, 0.25) is 0 Å². The third kappa shape index (κ3) is 4.17. The minimum atomic E-state index is -0.754. The highest BCUT2D eigenvalue weighted by Gasteiger charge is 2.37. The molecule has 0 fully saturated rings. The molecule has 2 heterocycles. The molecule has 0 aliphatic heterocycles. The molecule has 0 unspecified atom stereocenters. The highest BCUT2D eigenvalue weighted by molar-refractivity contribution is 6.00. The Labute approximate surface area is 259 Å². The molecule has 0 radical (unpaired) electrons. The van der Waals surface area contributed by atoms with Gasteiger partial charge in [0.05, 0.1) is 10.8 Å². The minimum absolute atomic E-state index is 0.0442. The molecule has 6 aromatic rings. The lowest BCUT2D eigenvalue weighted by molar-refractivity contribution is 0.325. The standard InChI is InChI=1S/C36H28O10/c1-16-9-11-36(2,12-10-17-14-24(39)26-29(42)18-5-3-7-22(37)32(18)45-34(26)28(17)41)21(13-16)20-15-25(40)27-30(43)19-6-4-8-23(38)33(19)46-35(27)31(20)44/h3-8,10,12-15,21,37-41,44H,9,11H2,1-2H3/b12-10+/t21-,36-/m1/s1. The predicted molar refractivity (Wildman–Crippen MR) is 173 cm³/mol. The van der Waals surface area contributed by atoms with E-state index in [2.05, 4.69) is 0 Å². The van der Waals surface area contributed by atoms with E-state index in [0.29, 0.717) is 12.8 Å². The highest BCUT2D eigenvalue weighted by atomic mass is 16.4. The topological polar surface area (TPSA) is 182 Å². The zero-order chi connectivity index (χ0) is 32.7. The first-order valence-corrected chi connectivity index (χ1v) is 14.5. The monoisotopic (exact) mass is 620 g/mol. The van der Waals surface area contributed by atoms with Crippen molar-refractivity contribution in [1.82, 2.24) is 0 Å². The van der Waals surface area contributed by atoms with Gasteiger partial charge in [-0.1, -0.05) is 42.9 Å². The Hall–Kier alpha value is -5.90. The second-order valence-electron chi connectivity index (χ2n) is 12.1. The van der Waals surface area contributed by atoms with Crippen LogP contribution in [0.4, 0.5) is 0 Å². The van der Waals surface area contributed by atoms with Gasteiger partial charge < -0.3 is 39.5 Å². The summed E-state index contributed by atoms with van der Waals surface area (Å²) in [6.45, 7) is 3.86. The van der Waals surface area contributed by atoms with Crippen LogP contribution < -0.4 is 10.9 Å². The maximum atomic E-state index is 13.3. The van der Waals surface area contributed by atoms with Gasteiger partial charge in [0.1, 0.15) is 22.3 Å². The Morgan fingerprint density at radius 2 is 1.28 bits per heavy atom. The number of phenols is 6. The lowest BCUT2D eigenvalue weighted by Crippen LogP contribution is -2.26. The van der Waals surface area contributed by atoms with Crippen molar-refractivity contribution in [2.24, 2.45) is 5.41 Å². The van der Waals surface area contributed by atoms with E-state index >= 15 is 0 Å². The fourth-order valence-corrected chi connectivity index (χ4v) is 6.50. The van der Waals surface area contributed by atoms with Gasteiger partial charge in [-0.25, -0.2) is 0 Å². The average Bonchev–Trinajstić information content (AvgIpc) is 3.02. The molecule has 1 aliphatic rings. The summed E-state index contributed by atoms with van der Waals surface area (Å²) < 4.78 is 11.6. The molecule has 0 amide bonds. The van der Waals surface area contributed by atoms with Crippen LogP contribution in [0.25, 0.3) is 50.0 Å². The molecule has 1 aliphatic carbocycles. The molecule has 4 aromatic carbocycles. The van der Waals surface area contributed by atoms with E-state index in [1.807, 2.05) is 19.9 Å². The summed E-state index contributed by atoms with van der Waals surface area (Å²) in [5.41, 5.74) is -1.36. The third-order valence-corrected chi connectivity index (χ3v) is 9.07. The average molecular weight is 621 g/mol. The fourth-order valence-electron chi connectivity index (χ4n) is 6.50. The van der Waals surface area contributed by atoms with Gasteiger partial charge in [0.25, 0.3) is 0 Å². The van der Waals surface area contributed by atoms with Gasteiger partial charge in [-0.15, -0.1) is 0 Å². The summed E-state index contributed by atoms with van der Waals surface area (Å²) in [5, 5.41) is 64.9. The molecule has 6 N–H and O–H groups in total. The number of fused-ring (bicyclic) bond motifs is 4. The highest BCUT2D eigenvalue weighted by Crippen LogP contribution is 2.52. The normalized spacial score (nSPS) is 18.7. The zero-order valence-electron chi connectivity index (χ0n) is 24.7. The SMILES string of the molecule is CC1=C[C@H](c2cc(O)c3c(=O)c4cccc(O)c4oc3c2O)[C@@](C)(/C=C/c2cc(O)c3c(=O)c4cccc(O)c4oc3c2O)CC1. The van der Waals surface area contributed by atoms with Crippen LogP contribution in [-0.4, -0.2) is 30.6 Å². The molecule has 10 nitrogen and oxygen atoms in total. The van der Waals surface area contributed by atoms with E-state index in [9.17, 15) is 40.2 Å². The van der Waals surface area contributed by atoms with Crippen molar-refractivity contribution in [2.75, 3.05) is 0 Å². The summed E-state index contributed by atoms with van der Waals surface area (Å²) >= 11 is 0. The van der Waals surface area contributed by atoms with Crippen molar-refractivity contribution in [2.45, 2.75) is 32.6 Å². The number of rotatable bonds is 3. The van der Waals surface area contributed by atoms with Crippen LogP contribution in [0.3, 0.4) is 0 Å². The van der Waals surface area contributed by atoms with Gasteiger partial charge in [0.15, 0.2) is 45.3 Å². The van der Waals surface area contributed by atoms with Crippen molar-refractivity contribution in [3.8, 4) is 34.5 Å². The van der Waals surface area contributed by atoms with E-state index < -0.39 is 39.4 Å². The maximum absolute atomic E-state index is 13.3. The maximum Gasteiger partial charge on any atom is 0.204 e. The number of allylic oxidation sites excluding steroid dienone is 3. The quantitative estimate of drug-likeness (QED) is 0.0686. The Balaban J connectivity index is 1.39. The fraction of sp³-hybridized carbons (Fsp3) is 0.167. The number of hydrogen-bond acceptors (Lipinski definition) is 10. The zero-order valence-corrected chi connectivity index (χ0v) is 24.7. The van der Waals surface area contributed by atoms with Crippen molar-refractivity contribution >= 4 is 50.0 Å². The molecule has 0 bridgehead atoms. The second kappa shape index (κ2) is 10.1. The molecule has 232 valence electrons.